The predicted molar refractivity (Wildman–Crippen MR) is 103 cm³/mol. The number of ether oxygens (including phenoxy) is 2. The molecule has 7 nitrogen and oxygen atoms in total. The summed E-state index contributed by atoms with van der Waals surface area (Å²) in [5.74, 6) is 0.387. The first-order valence-electron chi connectivity index (χ1n) is 9.40. The number of hydrogen-bond donors (Lipinski definition) is 3. The predicted octanol–water partition coefficient (Wildman–Crippen LogP) is 1.76. The van der Waals surface area contributed by atoms with E-state index in [0.717, 1.165) is 32.7 Å². The lowest BCUT2D eigenvalue weighted by atomic mass is 10.1. The van der Waals surface area contributed by atoms with Gasteiger partial charge in [-0.3, -0.25) is 4.79 Å². The van der Waals surface area contributed by atoms with Gasteiger partial charge in [-0.05, 0) is 38.0 Å². The van der Waals surface area contributed by atoms with Gasteiger partial charge in [0.15, 0.2) is 5.96 Å². The van der Waals surface area contributed by atoms with Crippen molar-refractivity contribution in [1.29, 1.82) is 0 Å². The first kappa shape index (κ1) is 21.1. The van der Waals surface area contributed by atoms with Gasteiger partial charge in [-0.1, -0.05) is 6.07 Å². The molecule has 1 aromatic rings. The van der Waals surface area contributed by atoms with Crippen LogP contribution in [0.3, 0.4) is 0 Å². The molecule has 1 unspecified atom stereocenters. The Bertz CT molecular complexity index is 606. The van der Waals surface area contributed by atoms with Crippen molar-refractivity contribution in [3.63, 3.8) is 0 Å². The highest BCUT2D eigenvalue weighted by Crippen LogP contribution is 2.12. The van der Waals surface area contributed by atoms with Crippen LogP contribution in [0.5, 0.6) is 0 Å². The second-order valence-electron chi connectivity index (χ2n) is 6.34. The number of guanidine groups is 1. The molecule has 3 N–H and O–H groups in total. The number of hydrogen-bond acceptors (Lipinski definition) is 4. The van der Waals surface area contributed by atoms with Gasteiger partial charge in [0.2, 0.25) is 5.91 Å². The molecule has 1 saturated heterocycles. The number of amides is 1. The fraction of sp³-hybridized carbons (Fsp3) is 0.579. The number of nitrogens with zero attached hydrogens (tertiary/aromatic N) is 1. The number of carbonyl (C=O) groups is 1. The SMILES string of the molecule is CCNC(=NCC(=O)Nc1cccc(F)c1)NCCCOCC1CCOC1. The standard InChI is InChI=1S/C19H29FN4O3/c1-2-21-19(22-8-4-9-26-13-15-7-10-27-14-15)23-12-18(25)24-17-6-3-5-16(20)11-17/h3,5-6,11,15H,2,4,7-10,12-14H2,1H3,(H,24,25)(H2,21,22,23). The molecular weight excluding hydrogens is 351 g/mol. The summed E-state index contributed by atoms with van der Waals surface area (Å²) in [4.78, 5) is 16.2. The molecule has 27 heavy (non-hydrogen) atoms. The van der Waals surface area contributed by atoms with E-state index in [4.69, 9.17) is 9.47 Å². The molecular formula is C19H29FN4O3. The van der Waals surface area contributed by atoms with Crippen LogP contribution < -0.4 is 16.0 Å². The van der Waals surface area contributed by atoms with Gasteiger partial charge in [0.05, 0.1) is 13.2 Å². The second-order valence-corrected chi connectivity index (χ2v) is 6.34. The minimum atomic E-state index is -0.394. The molecule has 0 bridgehead atoms. The molecule has 150 valence electrons. The van der Waals surface area contributed by atoms with E-state index in [-0.39, 0.29) is 12.5 Å². The van der Waals surface area contributed by atoms with E-state index in [1.165, 1.54) is 12.1 Å². The molecule has 1 fully saturated rings. The van der Waals surface area contributed by atoms with Crippen LogP contribution in [0.1, 0.15) is 19.8 Å². The van der Waals surface area contributed by atoms with Crippen LogP contribution in [-0.4, -0.2) is 57.9 Å². The van der Waals surface area contributed by atoms with E-state index in [1.54, 1.807) is 12.1 Å². The maximum absolute atomic E-state index is 13.1. The summed E-state index contributed by atoms with van der Waals surface area (Å²) < 4.78 is 24.1. The van der Waals surface area contributed by atoms with Crippen LogP contribution in [0.4, 0.5) is 10.1 Å². The zero-order valence-electron chi connectivity index (χ0n) is 15.8. The van der Waals surface area contributed by atoms with Gasteiger partial charge in [0.25, 0.3) is 0 Å². The number of carbonyl (C=O) groups excluding carboxylic acids is 1. The first-order valence-corrected chi connectivity index (χ1v) is 9.40. The van der Waals surface area contributed by atoms with Gasteiger partial charge in [-0.15, -0.1) is 0 Å². The Hall–Kier alpha value is -2.19. The fourth-order valence-electron chi connectivity index (χ4n) is 2.61. The van der Waals surface area contributed by atoms with E-state index in [1.807, 2.05) is 6.92 Å². The van der Waals surface area contributed by atoms with Gasteiger partial charge in [0, 0.05) is 37.9 Å². The van der Waals surface area contributed by atoms with Gasteiger partial charge < -0.3 is 25.4 Å². The lowest BCUT2D eigenvalue weighted by Gasteiger charge is -2.12. The lowest BCUT2D eigenvalue weighted by molar-refractivity contribution is -0.114. The highest BCUT2D eigenvalue weighted by molar-refractivity contribution is 5.94. The number of halogens is 1. The lowest BCUT2D eigenvalue weighted by Crippen LogP contribution is -2.38. The minimum absolute atomic E-state index is 0.0516. The van der Waals surface area contributed by atoms with Crippen LogP contribution in [0.2, 0.25) is 0 Å². The summed E-state index contributed by atoms with van der Waals surface area (Å²) in [6.45, 7) is 6.34. The second kappa shape index (κ2) is 12.2. The fourth-order valence-corrected chi connectivity index (χ4v) is 2.61. The van der Waals surface area contributed by atoms with Gasteiger partial charge >= 0.3 is 0 Å². The molecule has 0 aromatic heterocycles. The third kappa shape index (κ3) is 8.83. The summed E-state index contributed by atoms with van der Waals surface area (Å²) in [6.07, 6.45) is 1.92. The van der Waals surface area contributed by atoms with Crippen molar-refractivity contribution >= 4 is 17.6 Å². The van der Waals surface area contributed by atoms with Crippen LogP contribution in [0.15, 0.2) is 29.3 Å². The molecule has 1 aliphatic rings. The smallest absolute Gasteiger partial charge is 0.246 e. The average Bonchev–Trinajstić information content (AvgIpc) is 3.16. The number of rotatable bonds is 10. The summed E-state index contributed by atoms with van der Waals surface area (Å²) in [5, 5.41) is 8.88. The molecule has 1 aliphatic heterocycles. The van der Waals surface area contributed by atoms with Crippen molar-refractivity contribution in [1.82, 2.24) is 10.6 Å². The molecule has 1 atom stereocenters. The molecule has 8 heteroatoms. The largest absolute Gasteiger partial charge is 0.381 e. The maximum atomic E-state index is 13.1. The first-order chi connectivity index (χ1) is 13.2. The van der Waals surface area contributed by atoms with Crippen molar-refractivity contribution in [2.45, 2.75) is 19.8 Å². The van der Waals surface area contributed by atoms with E-state index in [9.17, 15) is 9.18 Å². The van der Waals surface area contributed by atoms with Crippen molar-refractivity contribution < 1.29 is 18.7 Å². The average molecular weight is 380 g/mol. The monoisotopic (exact) mass is 380 g/mol. The molecule has 1 heterocycles. The van der Waals surface area contributed by atoms with E-state index >= 15 is 0 Å². The third-order valence-electron chi connectivity index (χ3n) is 3.97. The van der Waals surface area contributed by atoms with Gasteiger partial charge in [0.1, 0.15) is 12.4 Å². The Labute approximate surface area is 159 Å². The summed E-state index contributed by atoms with van der Waals surface area (Å²) in [7, 11) is 0. The maximum Gasteiger partial charge on any atom is 0.246 e. The van der Waals surface area contributed by atoms with Crippen LogP contribution in [-0.2, 0) is 14.3 Å². The van der Waals surface area contributed by atoms with Crippen LogP contribution in [0, 0.1) is 11.7 Å². The van der Waals surface area contributed by atoms with Crippen molar-refractivity contribution in [2.24, 2.45) is 10.9 Å². The van der Waals surface area contributed by atoms with E-state index < -0.39 is 5.82 Å². The molecule has 1 aromatic carbocycles. The Morgan fingerprint density at radius 3 is 3.04 bits per heavy atom. The molecule has 0 spiro atoms. The summed E-state index contributed by atoms with van der Waals surface area (Å²) in [6, 6.07) is 5.77. The zero-order chi connectivity index (χ0) is 19.3. The molecule has 0 radical (unpaired) electrons. The van der Waals surface area contributed by atoms with Gasteiger partial charge in [-0.25, -0.2) is 9.38 Å². The summed E-state index contributed by atoms with van der Waals surface area (Å²) >= 11 is 0. The Balaban J connectivity index is 1.64. The zero-order valence-corrected chi connectivity index (χ0v) is 15.8. The molecule has 1 amide bonds. The Kier molecular flexibility index (Phi) is 9.57. The Morgan fingerprint density at radius 2 is 2.30 bits per heavy atom. The topological polar surface area (TPSA) is 84.0 Å². The third-order valence-corrected chi connectivity index (χ3v) is 3.97. The van der Waals surface area contributed by atoms with E-state index in [2.05, 4.69) is 20.9 Å². The Morgan fingerprint density at radius 1 is 1.41 bits per heavy atom. The van der Waals surface area contributed by atoms with Gasteiger partial charge in [-0.2, -0.15) is 0 Å². The molecule has 0 aliphatic carbocycles. The van der Waals surface area contributed by atoms with Crippen molar-refractivity contribution in [3.05, 3.63) is 30.1 Å². The molecule has 0 saturated carbocycles. The quantitative estimate of drug-likeness (QED) is 0.327. The number of benzene rings is 1. The minimum Gasteiger partial charge on any atom is -0.381 e. The highest BCUT2D eigenvalue weighted by Gasteiger charge is 2.15. The van der Waals surface area contributed by atoms with Crippen LogP contribution >= 0.6 is 0 Å². The van der Waals surface area contributed by atoms with E-state index in [0.29, 0.717) is 37.3 Å². The highest BCUT2D eigenvalue weighted by atomic mass is 19.1. The number of nitrogens with one attached hydrogen (secondary N) is 3. The number of anilines is 1. The van der Waals surface area contributed by atoms with Crippen molar-refractivity contribution in [3.8, 4) is 0 Å². The normalized spacial score (nSPS) is 17.0. The van der Waals surface area contributed by atoms with Crippen LogP contribution in [0.25, 0.3) is 0 Å². The number of aliphatic imine (C=N–C) groups is 1. The van der Waals surface area contributed by atoms with Crippen molar-refractivity contribution in [2.75, 3.05) is 51.4 Å². The molecule has 2 rings (SSSR count). The summed E-state index contributed by atoms with van der Waals surface area (Å²) in [5.41, 5.74) is 0.415.